The number of ether oxygens (including phenoxy) is 2. The fraction of sp³-hybridized carbons (Fsp3) is 0.222. The van der Waals surface area contributed by atoms with Gasteiger partial charge < -0.3 is 9.47 Å². The average molecular weight is 539 g/mol. The number of aryl methyl sites for hydroxylation is 5. The monoisotopic (exact) mass is 538 g/mol. The summed E-state index contributed by atoms with van der Waals surface area (Å²) in [6.07, 6.45) is 2.09. The molecule has 0 radical (unpaired) electrons. The highest BCUT2D eigenvalue weighted by molar-refractivity contribution is 7.98. The van der Waals surface area contributed by atoms with Crippen LogP contribution >= 0.6 is 11.8 Å². The first-order valence-corrected chi connectivity index (χ1v) is 14.3. The van der Waals surface area contributed by atoms with Gasteiger partial charge in [-0.15, -0.1) is 11.8 Å². The normalized spacial score (nSPS) is 9.64. The molecule has 0 heterocycles. The van der Waals surface area contributed by atoms with Crippen LogP contribution in [0.15, 0.2) is 114 Å². The van der Waals surface area contributed by atoms with Crippen LogP contribution in [-0.4, -0.2) is 20.5 Å². The highest BCUT2D eigenvalue weighted by atomic mass is 32.2. The van der Waals surface area contributed by atoms with Gasteiger partial charge in [-0.2, -0.15) is 0 Å². The third-order valence-electron chi connectivity index (χ3n) is 5.95. The molecule has 0 bridgehead atoms. The van der Waals surface area contributed by atoms with E-state index in [1.54, 1.807) is 26.0 Å². The van der Waals surface area contributed by atoms with E-state index in [4.69, 9.17) is 9.47 Å². The molecule has 0 aliphatic carbocycles. The largest absolute Gasteiger partial charge is 0.497 e. The zero-order valence-corrected chi connectivity index (χ0v) is 25.4. The van der Waals surface area contributed by atoms with Gasteiger partial charge in [0.15, 0.2) is 0 Å². The summed E-state index contributed by atoms with van der Waals surface area (Å²) in [5.41, 5.74) is 6.52. The molecule has 0 aliphatic heterocycles. The van der Waals surface area contributed by atoms with Crippen molar-refractivity contribution in [3.8, 4) is 11.5 Å². The lowest BCUT2D eigenvalue weighted by Gasteiger charge is -2.05. The van der Waals surface area contributed by atoms with Crippen LogP contribution in [0.2, 0.25) is 0 Å². The Morgan fingerprint density at radius 1 is 0.487 bits per heavy atom. The average Bonchev–Trinajstić information content (AvgIpc) is 2.96. The van der Waals surface area contributed by atoms with Gasteiger partial charge in [-0.05, 0) is 76.6 Å². The molecule has 5 aromatic carbocycles. The predicted octanol–water partition coefficient (Wildman–Crippen LogP) is 10.2. The Balaban J connectivity index is 0.000000186. The van der Waals surface area contributed by atoms with Crippen LogP contribution in [-0.2, 0) is 0 Å². The molecule has 0 atom stereocenters. The molecule has 0 spiro atoms. The highest BCUT2D eigenvalue weighted by Crippen LogP contribution is 2.25. The van der Waals surface area contributed by atoms with Crippen LogP contribution in [0.25, 0.3) is 10.8 Å². The van der Waals surface area contributed by atoms with Crippen LogP contribution in [0.4, 0.5) is 0 Å². The Bertz CT molecular complexity index is 1310. The van der Waals surface area contributed by atoms with Gasteiger partial charge in [0.05, 0.1) is 14.2 Å². The Labute approximate surface area is 240 Å². The topological polar surface area (TPSA) is 18.5 Å². The first kappa shape index (κ1) is 31.5. The quantitative estimate of drug-likeness (QED) is 0.213. The molecule has 0 amide bonds. The summed E-state index contributed by atoms with van der Waals surface area (Å²) in [4.78, 5) is 1.33. The van der Waals surface area contributed by atoms with Crippen LogP contribution in [0, 0.1) is 34.6 Å². The van der Waals surface area contributed by atoms with E-state index in [1.807, 2.05) is 36.4 Å². The molecular formula is C36H42O2S. The van der Waals surface area contributed by atoms with Crippen LogP contribution in [0.3, 0.4) is 0 Å². The molecule has 0 unspecified atom stereocenters. The second-order valence-electron chi connectivity index (χ2n) is 9.37. The van der Waals surface area contributed by atoms with Crippen molar-refractivity contribution in [1.29, 1.82) is 0 Å². The Hall–Kier alpha value is -3.69. The predicted molar refractivity (Wildman–Crippen MR) is 172 cm³/mol. The summed E-state index contributed by atoms with van der Waals surface area (Å²) in [7, 11) is 3.37. The van der Waals surface area contributed by atoms with Crippen LogP contribution in [0.5, 0.6) is 11.5 Å². The van der Waals surface area contributed by atoms with E-state index >= 15 is 0 Å². The number of fused-ring (bicyclic) bond motifs is 1. The summed E-state index contributed by atoms with van der Waals surface area (Å²) in [6.45, 7) is 10.4. The van der Waals surface area contributed by atoms with Crippen LogP contribution < -0.4 is 9.47 Å². The maximum Gasteiger partial charge on any atom is 0.126 e. The van der Waals surface area contributed by atoms with Crippen molar-refractivity contribution in [2.24, 2.45) is 0 Å². The van der Waals surface area contributed by atoms with E-state index in [9.17, 15) is 0 Å². The first-order valence-electron chi connectivity index (χ1n) is 13.0. The highest BCUT2D eigenvalue weighted by Gasteiger charge is 1.99. The number of methoxy groups -OCH3 is 2. The fourth-order valence-corrected chi connectivity index (χ4v) is 3.95. The molecule has 0 N–H and O–H groups in total. The number of hydrogen-bond acceptors (Lipinski definition) is 3. The molecule has 5 rings (SSSR count). The Morgan fingerprint density at radius 2 is 0.949 bits per heavy atom. The molecule has 0 fully saturated rings. The molecular weight excluding hydrogens is 496 g/mol. The summed E-state index contributed by atoms with van der Waals surface area (Å²) in [5.74, 6) is 1.86. The van der Waals surface area contributed by atoms with E-state index in [2.05, 4.69) is 114 Å². The van der Waals surface area contributed by atoms with Crippen molar-refractivity contribution in [2.45, 2.75) is 39.5 Å². The zero-order chi connectivity index (χ0) is 28.6. The molecule has 0 saturated carbocycles. The molecule has 0 aliphatic rings. The Kier molecular flexibility index (Phi) is 13.7. The number of hydrogen-bond donors (Lipinski definition) is 0. The summed E-state index contributed by atoms with van der Waals surface area (Å²) < 4.78 is 10.2. The van der Waals surface area contributed by atoms with Gasteiger partial charge >= 0.3 is 0 Å². The van der Waals surface area contributed by atoms with Gasteiger partial charge in [0, 0.05) is 10.3 Å². The molecule has 2 nitrogen and oxygen atoms in total. The van der Waals surface area contributed by atoms with Gasteiger partial charge in [0.1, 0.15) is 11.5 Å². The van der Waals surface area contributed by atoms with Crippen molar-refractivity contribution in [3.63, 3.8) is 0 Å². The second kappa shape index (κ2) is 17.0. The first-order chi connectivity index (χ1) is 18.7. The molecule has 204 valence electrons. The van der Waals surface area contributed by atoms with Crippen molar-refractivity contribution in [3.05, 3.63) is 137 Å². The van der Waals surface area contributed by atoms with Crippen molar-refractivity contribution in [1.82, 2.24) is 0 Å². The molecule has 3 heteroatoms. The zero-order valence-electron chi connectivity index (χ0n) is 24.6. The minimum atomic E-state index is 0.917. The summed E-state index contributed by atoms with van der Waals surface area (Å²) in [6, 6.07) is 37.4. The standard InChI is InChI=1S/C12H12O.C8H10O.C8H10S.C8H10/c1-9-6-7-11-10(8-9)4-3-5-12(11)13-2;2*1-7-3-5-8(9-2)6-4-7;1-7-3-5-8(2)6-4-7/h3-8H,1-2H3;2*3-6H,1-2H3;3-6H,1-2H3. The van der Waals surface area contributed by atoms with Gasteiger partial charge in [-0.1, -0.05) is 107 Å². The molecule has 0 saturated heterocycles. The lowest BCUT2D eigenvalue weighted by Crippen LogP contribution is -1.84. The fourth-order valence-electron chi connectivity index (χ4n) is 3.54. The third-order valence-corrected chi connectivity index (χ3v) is 6.69. The van der Waals surface area contributed by atoms with Gasteiger partial charge in [0.2, 0.25) is 0 Å². The number of rotatable bonds is 3. The van der Waals surface area contributed by atoms with Gasteiger partial charge in [0.25, 0.3) is 0 Å². The second-order valence-corrected chi connectivity index (χ2v) is 10.3. The maximum atomic E-state index is 5.27. The Morgan fingerprint density at radius 3 is 1.41 bits per heavy atom. The molecule has 5 aromatic rings. The number of thioether (sulfide) groups is 1. The van der Waals surface area contributed by atoms with Crippen LogP contribution in [0.1, 0.15) is 27.8 Å². The summed E-state index contributed by atoms with van der Waals surface area (Å²) >= 11 is 1.78. The molecule has 39 heavy (non-hydrogen) atoms. The lowest BCUT2D eigenvalue weighted by molar-refractivity contribution is 0.414. The van der Waals surface area contributed by atoms with Gasteiger partial charge in [-0.3, -0.25) is 0 Å². The van der Waals surface area contributed by atoms with Crippen molar-refractivity contribution >= 4 is 22.5 Å². The minimum absolute atomic E-state index is 0.917. The van der Waals surface area contributed by atoms with E-state index < -0.39 is 0 Å². The van der Waals surface area contributed by atoms with E-state index in [0.717, 1.165) is 11.5 Å². The van der Waals surface area contributed by atoms with Gasteiger partial charge in [-0.25, -0.2) is 0 Å². The van der Waals surface area contributed by atoms with Crippen molar-refractivity contribution in [2.75, 3.05) is 20.5 Å². The van der Waals surface area contributed by atoms with Crippen molar-refractivity contribution < 1.29 is 9.47 Å². The minimum Gasteiger partial charge on any atom is -0.497 e. The lowest BCUT2D eigenvalue weighted by atomic mass is 10.1. The SMILES string of the molecule is COc1ccc(C)cc1.COc1cccc2cc(C)ccc12.CSc1ccc(C)cc1.Cc1ccc(C)cc1. The number of benzene rings is 5. The van der Waals surface area contributed by atoms with E-state index in [0.29, 0.717) is 0 Å². The third kappa shape index (κ3) is 11.7. The smallest absolute Gasteiger partial charge is 0.126 e. The molecule has 0 aromatic heterocycles. The van der Waals surface area contributed by atoms with E-state index in [-0.39, 0.29) is 0 Å². The maximum absolute atomic E-state index is 5.27. The summed E-state index contributed by atoms with van der Waals surface area (Å²) in [5, 5.41) is 2.41. The van der Waals surface area contributed by atoms with E-state index in [1.165, 1.54) is 43.5 Å².